The van der Waals surface area contributed by atoms with Gasteiger partial charge in [-0.15, -0.1) is 0 Å². The minimum atomic E-state index is -0.122. The van der Waals surface area contributed by atoms with Gasteiger partial charge >= 0.3 is 0 Å². The molecule has 0 atom stereocenters. The second-order valence-corrected chi connectivity index (χ2v) is 7.97. The van der Waals surface area contributed by atoms with E-state index in [1.807, 2.05) is 58.9 Å². The van der Waals surface area contributed by atoms with E-state index in [9.17, 15) is 9.59 Å². The molecule has 0 saturated carbocycles. The molecule has 0 aliphatic heterocycles. The molecule has 1 aromatic carbocycles. The largest absolute Gasteiger partial charge is 0.353 e. The van der Waals surface area contributed by atoms with Crippen LogP contribution in [-0.4, -0.2) is 26.2 Å². The molecule has 0 bridgehead atoms. The average molecular weight is 385 g/mol. The first-order valence-electron chi connectivity index (χ1n) is 8.88. The van der Waals surface area contributed by atoms with E-state index in [-0.39, 0.29) is 23.3 Å². The molecular weight excluding hydrogens is 360 g/mol. The lowest BCUT2D eigenvalue weighted by Crippen LogP contribution is -2.25. The number of hydrogen-bond donors (Lipinski definition) is 2. The molecule has 2 N–H and O–H groups in total. The number of nitrogens with zero attached hydrogens (tertiary/aromatic N) is 2. The van der Waals surface area contributed by atoms with Crippen LogP contribution in [0.1, 0.15) is 36.7 Å². The standard InChI is InChI=1S/C20H24N4O2S/c1-11(2)24-19(26)18-16(9-14(5)21-18)23-20(24)27-10-17(25)22-15-8-12(3)6-7-13(15)4/h6-9,11,21H,10H2,1-5H3,(H,22,25). The topological polar surface area (TPSA) is 79.8 Å². The molecule has 0 radical (unpaired) electrons. The number of carbonyl (C=O) groups is 1. The summed E-state index contributed by atoms with van der Waals surface area (Å²) in [5, 5.41) is 3.50. The number of H-pyrrole nitrogens is 1. The molecule has 0 aliphatic carbocycles. The second-order valence-electron chi connectivity index (χ2n) is 7.03. The van der Waals surface area contributed by atoms with Gasteiger partial charge in [-0.1, -0.05) is 23.9 Å². The van der Waals surface area contributed by atoms with Crippen LogP contribution in [0.3, 0.4) is 0 Å². The minimum absolute atomic E-state index is 0.0532. The predicted octanol–water partition coefficient (Wildman–Crippen LogP) is 3.96. The molecule has 7 heteroatoms. The summed E-state index contributed by atoms with van der Waals surface area (Å²) in [4.78, 5) is 32.9. The van der Waals surface area contributed by atoms with Crippen molar-refractivity contribution < 1.29 is 4.79 Å². The number of hydrogen-bond acceptors (Lipinski definition) is 4. The number of aromatic nitrogens is 3. The monoisotopic (exact) mass is 384 g/mol. The molecule has 0 saturated heterocycles. The lowest BCUT2D eigenvalue weighted by molar-refractivity contribution is -0.113. The number of fused-ring (bicyclic) bond motifs is 1. The van der Waals surface area contributed by atoms with E-state index in [0.717, 1.165) is 22.5 Å². The zero-order chi connectivity index (χ0) is 19.7. The Balaban J connectivity index is 1.83. The zero-order valence-corrected chi connectivity index (χ0v) is 17.0. The molecule has 2 heterocycles. The smallest absolute Gasteiger partial charge is 0.278 e. The number of rotatable bonds is 5. The lowest BCUT2D eigenvalue weighted by Gasteiger charge is -2.15. The Labute approximate surface area is 162 Å². The summed E-state index contributed by atoms with van der Waals surface area (Å²) in [6.07, 6.45) is 0. The van der Waals surface area contributed by atoms with Crippen LogP contribution in [0.25, 0.3) is 11.0 Å². The SMILES string of the molecule is Cc1ccc(C)c(NC(=O)CSc2nc3cc(C)[nH]c3c(=O)n2C(C)C)c1. The normalized spacial score (nSPS) is 11.3. The minimum Gasteiger partial charge on any atom is -0.353 e. The Hall–Kier alpha value is -2.54. The van der Waals surface area contributed by atoms with Crippen LogP contribution in [0, 0.1) is 20.8 Å². The molecule has 142 valence electrons. The molecule has 2 aromatic heterocycles. The Kier molecular flexibility index (Phi) is 5.41. The highest BCUT2D eigenvalue weighted by atomic mass is 32.2. The quantitative estimate of drug-likeness (QED) is 0.515. The Morgan fingerprint density at radius 1 is 1.26 bits per heavy atom. The van der Waals surface area contributed by atoms with Crippen LogP contribution in [0.4, 0.5) is 5.69 Å². The van der Waals surface area contributed by atoms with Gasteiger partial charge in [-0.3, -0.25) is 14.2 Å². The number of carbonyl (C=O) groups excluding carboxylic acids is 1. The molecule has 0 aliphatic rings. The molecule has 3 aromatic rings. The van der Waals surface area contributed by atoms with E-state index in [0.29, 0.717) is 16.2 Å². The van der Waals surface area contributed by atoms with Gasteiger partial charge in [0.05, 0.1) is 11.3 Å². The molecule has 1 amide bonds. The maximum atomic E-state index is 12.8. The van der Waals surface area contributed by atoms with Gasteiger partial charge in [0.1, 0.15) is 5.52 Å². The van der Waals surface area contributed by atoms with Crippen molar-refractivity contribution in [3.05, 3.63) is 51.4 Å². The maximum Gasteiger partial charge on any atom is 0.278 e. The highest BCUT2D eigenvalue weighted by Gasteiger charge is 2.17. The summed E-state index contributed by atoms with van der Waals surface area (Å²) in [6, 6.07) is 7.75. The first-order chi connectivity index (χ1) is 12.8. The number of aryl methyl sites for hydroxylation is 3. The number of thioether (sulfide) groups is 1. The van der Waals surface area contributed by atoms with E-state index < -0.39 is 0 Å². The van der Waals surface area contributed by atoms with Crippen LogP contribution in [0.5, 0.6) is 0 Å². The van der Waals surface area contributed by atoms with Crippen LogP contribution in [-0.2, 0) is 4.79 Å². The fourth-order valence-electron chi connectivity index (χ4n) is 2.93. The summed E-state index contributed by atoms with van der Waals surface area (Å²) in [5.41, 5.74) is 4.83. The van der Waals surface area contributed by atoms with Gasteiger partial charge in [-0.25, -0.2) is 4.98 Å². The molecule has 0 unspecified atom stereocenters. The molecule has 0 fully saturated rings. The number of benzene rings is 1. The van der Waals surface area contributed by atoms with Crippen molar-refractivity contribution in [2.75, 3.05) is 11.1 Å². The van der Waals surface area contributed by atoms with Crippen molar-refractivity contribution in [1.82, 2.24) is 14.5 Å². The van der Waals surface area contributed by atoms with Gasteiger partial charge in [0, 0.05) is 17.4 Å². The van der Waals surface area contributed by atoms with Crippen molar-refractivity contribution in [1.29, 1.82) is 0 Å². The zero-order valence-electron chi connectivity index (χ0n) is 16.2. The number of aromatic amines is 1. The lowest BCUT2D eigenvalue weighted by atomic mass is 10.1. The number of anilines is 1. The van der Waals surface area contributed by atoms with Crippen molar-refractivity contribution in [2.45, 2.75) is 45.8 Å². The molecule has 3 rings (SSSR count). The van der Waals surface area contributed by atoms with Crippen LogP contribution in [0.15, 0.2) is 34.2 Å². The first kappa shape index (κ1) is 19.2. The van der Waals surface area contributed by atoms with Crippen molar-refractivity contribution >= 4 is 34.4 Å². The van der Waals surface area contributed by atoms with E-state index in [1.54, 1.807) is 4.57 Å². The van der Waals surface area contributed by atoms with Gasteiger partial charge in [-0.05, 0) is 57.9 Å². The molecule has 27 heavy (non-hydrogen) atoms. The van der Waals surface area contributed by atoms with E-state index in [2.05, 4.69) is 15.3 Å². The third-order valence-corrected chi connectivity index (χ3v) is 5.26. The fourth-order valence-corrected chi connectivity index (χ4v) is 3.86. The Morgan fingerprint density at radius 2 is 2.00 bits per heavy atom. The van der Waals surface area contributed by atoms with Gasteiger partial charge in [0.15, 0.2) is 5.16 Å². The molecule has 6 nitrogen and oxygen atoms in total. The number of nitrogens with one attached hydrogen (secondary N) is 2. The summed E-state index contributed by atoms with van der Waals surface area (Å²) in [7, 11) is 0. The highest BCUT2D eigenvalue weighted by molar-refractivity contribution is 7.99. The Bertz CT molecular complexity index is 1070. The summed E-state index contributed by atoms with van der Waals surface area (Å²) < 4.78 is 1.63. The molecular formula is C20H24N4O2S. The van der Waals surface area contributed by atoms with Crippen molar-refractivity contribution in [3.8, 4) is 0 Å². The van der Waals surface area contributed by atoms with E-state index >= 15 is 0 Å². The van der Waals surface area contributed by atoms with Crippen LogP contribution < -0.4 is 10.9 Å². The number of amides is 1. The summed E-state index contributed by atoms with van der Waals surface area (Å²) >= 11 is 1.28. The third kappa shape index (κ3) is 4.08. The van der Waals surface area contributed by atoms with Gasteiger partial charge in [0.25, 0.3) is 5.56 Å². The molecule has 0 spiro atoms. The van der Waals surface area contributed by atoms with Gasteiger partial charge < -0.3 is 10.3 Å². The van der Waals surface area contributed by atoms with E-state index in [4.69, 9.17) is 0 Å². The third-order valence-electron chi connectivity index (χ3n) is 4.30. The fraction of sp³-hybridized carbons (Fsp3) is 0.350. The highest BCUT2D eigenvalue weighted by Crippen LogP contribution is 2.22. The van der Waals surface area contributed by atoms with Gasteiger partial charge in [0.2, 0.25) is 5.91 Å². The summed E-state index contributed by atoms with van der Waals surface area (Å²) in [6.45, 7) is 9.71. The second kappa shape index (κ2) is 7.60. The first-order valence-corrected chi connectivity index (χ1v) is 9.86. The van der Waals surface area contributed by atoms with E-state index in [1.165, 1.54) is 11.8 Å². The van der Waals surface area contributed by atoms with Crippen LogP contribution >= 0.6 is 11.8 Å². The van der Waals surface area contributed by atoms with Crippen molar-refractivity contribution in [3.63, 3.8) is 0 Å². The predicted molar refractivity (Wildman–Crippen MR) is 111 cm³/mol. The van der Waals surface area contributed by atoms with Gasteiger partial charge in [-0.2, -0.15) is 0 Å². The summed E-state index contributed by atoms with van der Waals surface area (Å²) in [5.74, 6) is 0.0603. The van der Waals surface area contributed by atoms with Crippen molar-refractivity contribution in [2.24, 2.45) is 0 Å². The average Bonchev–Trinajstić information content (AvgIpc) is 2.96. The van der Waals surface area contributed by atoms with Crippen LogP contribution in [0.2, 0.25) is 0 Å². The Morgan fingerprint density at radius 3 is 2.70 bits per heavy atom. The maximum absolute atomic E-state index is 12.8.